The maximum Gasteiger partial charge on any atom is 0.0730 e. The van der Waals surface area contributed by atoms with Gasteiger partial charge < -0.3 is 15.4 Å². The number of aromatic nitrogens is 2. The zero-order valence-corrected chi connectivity index (χ0v) is 21.8. The summed E-state index contributed by atoms with van der Waals surface area (Å²) in [5.41, 5.74) is 6.21. The van der Waals surface area contributed by atoms with Crippen molar-refractivity contribution in [1.82, 2.24) is 9.97 Å². The van der Waals surface area contributed by atoms with Crippen molar-refractivity contribution in [3.8, 4) is 0 Å². The van der Waals surface area contributed by atoms with Crippen molar-refractivity contribution in [3.05, 3.63) is 97.1 Å². The molecule has 0 saturated carbocycles. The summed E-state index contributed by atoms with van der Waals surface area (Å²) in [6.45, 7) is 2.67. The molecule has 5 nitrogen and oxygen atoms in total. The van der Waals surface area contributed by atoms with E-state index in [1.165, 1.54) is 0 Å². The predicted octanol–water partition coefficient (Wildman–Crippen LogP) is 7.47. The van der Waals surface area contributed by atoms with Crippen molar-refractivity contribution in [3.63, 3.8) is 0 Å². The Labute approximate surface area is 228 Å². The highest BCUT2D eigenvalue weighted by Gasteiger charge is 2.09. The van der Waals surface area contributed by atoms with Gasteiger partial charge in [0, 0.05) is 34.6 Å². The molecule has 0 aliphatic rings. The Hall–Kier alpha value is -3.64. The summed E-state index contributed by atoms with van der Waals surface area (Å²) in [4.78, 5) is 9.59. The minimum Gasteiger partial charge on any atom is -0.382 e. The third-order valence-corrected chi connectivity index (χ3v) is 6.27. The Kier molecular flexibility index (Phi) is 8.62. The average molecular weight is 531 g/mol. The molecule has 6 aromatic rings. The van der Waals surface area contributed by atoms with Gasteiger partial charge in [0.05, 0.1) is 46.7 Å². The third-order valence-electron chi connectivity index (χ3n) is 6.27. The van der Waals surface area contributed by atoms with Gasteiger partial charge in [0.25, 0.3) is 0 Å². The van der Waals surface area contributed by atoms with Gasteiger partial charge in [0.15, 0.2) is 0 Å². The molecule has 4 aromatic carbocycles. The van der Waals surface area contributed by atoms with Crippen molar-refractivity contribution in [2.75, 3.05) is 36.9 Å². The minimum atomic E-state index is 0. The largest absolute Gasteiger partial charge is 0.382 e. The summed E-state index contributed by atoms with van der Waals surface area (Å²) in [6.07, 6.45) is 0. The summed E-state index contributed by atoms with van der Waals surface area (Å²) >= 11 is 0. The molecule has 0 aliphatic heterocycles. The van der Waals surface area contributed by atoms with Gasteiger partial charge in [-0.25, -0.2) is 9.97 Å². The Morgan fingerprint density at radius 1 is 0.459 bits per heavy atom. The first-order chi connectivity index (χ1) is 17.4. The lowest BCUT2D eigenvalue weighted by molar-refractivity contribution is 0.154. The van der Waals surface area contributed by atoms with Crippen molar-refractivity contribution in [1.29, 1.82) is 0 Å². The van der Waals surface area contributed by atoms with Crippen LogP contribution in [-0.2, 0) is 4.74 Å². The van der Waals surface area contributed by atoms with Gasteiger partial charge in [0.1, 0.15) is 0 Å². The molecule has 2 heterocycles. The maximum atomic E-state index is 5.97. The quantitative estimate of drug-likeness (QED) is 0.158. The van der Waals surface area contributed by atoms with Crippen molar-refractivity contribution >= 4 is 79.8 Å². The van der Waals surface area contributed by atoms with Gasteiger partial charge >= 0.3 is 0 Å². The van der Waals surface area contributed by atoms with Crippen molar-refractivity contribution < 1.29 is 4.74 Å². The minimum absolute atomic E-state index is 0. The molecule has 0 saturated heterocycles. The number of hydrogen-bond acceptors (Lipinski definition) is 5. The normalized spacial score (nSPS) is 10.8. The summed E-state index contributed by atoms with van der Waals surface area (Å²) in [6, 6.07) is 33.0. The molecule has 37 heavy (non-hydrogen) atoms. The molecule has 0 unspecified atom stereocenters. The van der Waals surface area contributed by atoms with E-state index in [0.29, 0.717) is 13.2 Å². The molecule has 7 heteroatoms. The van der Waals surface area contributed by atoms with E-state index in [0.717, 1.165) is 68.1 Å². The van der Waals surface area contributed by atoms with E-state index >= 15 is 0 Å². The molecule has 6 rings (SSSR count). The van der Waals surface area contributed by atoms with Crippen LogP contribution in [0.4, 0.5) is 11.4 Å². The molecule has 0 fully saturated rings. The first-order valence-corrected chi connectivity index (χ1v) is 12.0. The summed E-state index contributed by atoms with van der Waals surface area (Å²) < 4.78 is 5.97. The smallest absolute Gasteiger partial charge is 0.0730 e. The number of anilines is 2. The first-order valence-electron chi connectivity index (χ1n) is 12.0. The molecule has 0 atom stereocenters. The fraction of sp³-hybridized carbons (Fsp3) is 0.133. The molecular weight excluding hydrogens is 503 g/mol. The van der Waals surface area contributed by atoms with Crippen LogP contribution in [-0.4, -0.2) is 36.3 Å². The van der Waals surface area contributed by atoms with E-state index in [9.17, 15) is 0 Å². The Morgan fingerprint density at radius 2 is 0.757 bits per heavy atom. The van der Waals surface area contributed by atoms with Gasteiger partial charge in [-0.3, -0.25) is 0 Å². The van der Waals surface area contributed by atoms with Crippen LogP contribution in [0.15, 0.2) is 97.1 Å². The van der Waals surface area contributed by atoms with Gasteiger partial charge in [-0.1, -0.05) is 72.8 Å². The van der Waals surface area contributed by atoms with E-state index in [1.54, 1.807) is 0 Å². The van der Waals surface area contributed by atoms with Crippen molar-refractivity contribution in [2.24, 2.45) is 0 Å². The van der Waals surface area contributed by atoms with E-state index < -0.39 is 0 Å². The number of para-hydroxylation sites is 4. The molecule has 0 bridgehead atoms. The van der Waals surface area contributed by atoms with Crippen LogP contribution >= 0.6 is 24.8 Å². The lowest BCUT2D eigenvalue weighted by Gasteiger charge is -2.15. The number of pyridine rings is 2. The monoisotopic (exact) mass is 530 g/mol. The number of benzene rings is 4. The topological polar surface area (TPSA) is 59.1 Å². The van der Waals surface area contributed by atoms with Crippen LogP contribution in [0.1, 0.15) is 0 Å². The zero-order valence-electron chi connectivity index (χ0n) is 20.2. The molecule has 2 aromatic heterocycles. The number of fused-ring (bicyclic) bond motifs is 4. The lowest BCUT2D eigenvalue weighted by Crippen LogP contribution is -2.15. The highest BCUT2D eigenvalue weighted by atomic mass is 35.5. The van der Waals surface area contributed by atoms with Crippen LogP contribution in [0.25, 0.3) is 43.6 Å². The van der Waals surface area contributed by atoms with Crippen LogP contribution in [0.2, 0.25) is 0 Å². The number of nitrogens with zero attached hydrogens (tertiary/aromatic N) is 2. The maximum absolute atomic E-state index is 5.97. The molecule has 0 radical (unpaired) electrons. The number of nitrogens with one attached hydrogen (secondary N) is 2. The van der Waals surface area contributed by atoms with Gasteiger partial charge in [-0.15, -0.1) is 24.8 Å². The molecule has 188 valence electrons. The van der Waals surface area contributed by atoms with Crippen LogP contribution in [0.3, 0.4) is 0 Å². The lowest BCUT2D eigenvalue weighted by atomic mass is 10.1. The second kappa shape index (κ2) is 12.1. The summed E-state index contributed by atoms with van der Waals surface area (Å²) in [5.74, 6) is 0. The summed E-state index contributed by atoms with van der Waals surface area (Å²) in [5, 5.41) is 11.7. The Morgan fingerprint density at radius 3 is 1.08 bits per heavy atom. The van der Waals surface area contributed by atoms with E-state index in [4.69, 9.17) is 14.7 Å². The molecular formula is C30H28Cl2N4O. The Balaban J connectivity index is 0.00000160. The average Bonchev–Trinajstić information content (AvgIpc) is 2.91. The second-order valence-electron chi connectivity index (χ2n) is 8.51. The first kappa shape index (κ1) is 26.4. The summed E-state index contributed by atoms with van der Waals surface area (Å²) in [7, 11) is 0. The molecule has 0 spiro atoms. The highest BCUT2D eigenvalue weighted by Crippen LogP contribution is 2.31. The highest BCUT2D eigenvalue weighted by molar-refractivity contribution is 6.08. The van der Waals surface area contributed by atoms with Crippen molar-refractivity contribution in [2.45, 2.75) is 0 Å². The van der Waals surface area contributed by atoms with Gasteiger partial charge in [-0.2, -0.15) is 0 Å². The van der Waals surface area contributed by atoms with Crippen LogP contribution < -0.4 is 10.6 Å². The fourth-order valence-electron chi connectivity index (χ4n) is 4.66. The van der Waals surface area contributed by atoms with Crippen LogP contribution in [0.5, 0.6) is 0 Å². The Bertz CT molecular complexity index is 1430. The second-order valence-corrected chi connectivity index (χ2v) is 8.51. The van der Waals surface area contributed by atoms with E-state index in [2.05, 4.69) is 83.4 Å². The molecule has 2 N–H and O–H groups in total. The molecule has 0 amide bonds. The third kappa shape index (κ3) is 5.39. The standard InChI is InChI=1S/C30H26N4O.2ClH/c1-5-13-25-21(9-1)29(22-10-2-6-14-26(22)33-25)31-17-19-35-20-18-32-30-23-11-3-7-15-27(23)34-28-16-8-4-12-24(28)30;;/h1-16H,17-20H2,(H,31,33)(H,32,34);2*1H. The van der Waals surface area contributed by atoms with Gasteiger partial charge in [-0.05, 0) is 24.3 Å². The fourth-order valence-corrected chi connectivity index (χ4v) is 4.66. The van der Waals surface area contributed by atoms with E-state index in [-0.39, 0.29) is 24.8 Å². The number of halogens is 2. The predicted molar refractivity (Wildman–Crippen MR) is 161 cm³/mol. The van der Waals surface area contributed by atoms with E-state index in [1.807, 2.05) is 24.3 Å². The van der Waals surface area contributed by atoms with Crippen LogP contribution in [0, 0.1) is 0 Å². The number of rotatable bonds is 8. The van der Waals surface area contributed by atoms with Gasteiger partial charge in [0.2, 0.25) is 0 Å². The number of hydrogen-bond donors (Lipinski definition) is 2. The molecule has 0 aliphatic carbocycles. The number of ether oxygens (including phenoxy) is 1. The SMILES string of the molecule is Cl.Cl.c1ccc2c(NCCOCCNc3c4ccccc4nc4ccccc34)c3ccccc3nc2c1. The zero-order chi connectivity index (χ0) is 23.5.